The number of hydrogen-bond donors (Lipinski definition) is 1. The van der Waals surface area contributed by atoms with E-state index < -0.39 is 17.8 Å². The first-order chi connectivity index (χ1) is 20.8. The molecule has 8 rings (SSSR count). The monoisotopic (exact) mass is 580 g/mol. The number of rotatable bonds is 7. The minimum Gasteiger partial charge on any atom is -0.493 e. The SMILES string of the molecule is COc1cc(/C=C2\C(=O)NC(=O)N(c3ccc(C45CC6CC(CC(C6)C4)C5)cc3)C2=O)ccc1OCc1ccccc1F. The van der Waals surface area contributed by atoms with Crippen LogP contribution in [0.4, 0.5) is 14.9 Å². The molecule has 43 heavy (non-hydrogen) atoms. The van der Waals surface area contributed by atoms with Gasteiger partial charge in [0.15, 0.2) is 11.5 Å². The Kier molecular flexibility index (Phi) is 6.79. The molecule has 1 heterocycles. The third-order valence-electron chi connectivity index (χ3n) is 9.72. The van der Waals surface area contributed by atoms with Crippen LogP contribution in [0.3, 0.4) is 0 Å². The number of benzene rings is 3. The summed E-state index contributed by atoms with van der Waals surface area (Å²) in [5.41, 5.74) is 2.63. The van der Waals surface area contributed by atoms with E-state index in [2.05, 4.69) is 17.4 Å². The highest BCUT2D eigenvalue weighted by atomic mass is 19.1. The zero-order chi connectivity index (χ0) is 29.7. The number of carbonyl (C=O) groups excluding carboxylic acids is 3. The first-order valence-electron chi connectivity index (χ1n) is 14.9. The van der Waals surface area contributed by atoms with Crippen molar-refractivity contribution < 1.29 is 28.2 Å². The fraction of sp³-hybridized carbons (Fsp3) is 0.343. The number of halogens is 1. The number of carbonyl (C=O) groups is 3. The van der Waals surface area contributed by atoms with Gasteiger partial charge >= 0.3 is 6.03 Å². The minimum atomic E-state index is -0.774. The molecule has 7 nitrogen and oxygen atoms in total. The number of amides is 4. The first-order valence-corrected chi connectivity index (χ1v) is 14.9. The van der Waals surface area contributed by atoms with E-state index in [1.54, 1.807) is 36.4 Å². The van der Waals surface area contributed by atoms with Gasteiger partial charge in [-0.05, 0) is 109 Å². The van der Waals surface area contributed by atoms with Crippen molar-refractivity contribution in [3.05, 3.63) is 94.8 Å². The zero-order valence-electron chi connectivity index (χ0n) is 24.0. The fourth-order valence-corrected chi connectivity index (χ4v) is 8.15. The summed E-state index contributed by atoms with van der Waals surface area (Å²) in [7, 11) is 1.47. The molecule has 0 unspecified atom stereocenters. The second kappa shape index (κ2) is 10.7. The highest BCUT2D eigenvalue weighted by Crippen LogP contribution is 2.60. The molecular weight excluding hydrogens is 547 g/mol. The second-order valence-corrected chi connectivity index (χ2v) is 12.5. The highest BCUT2D eigenvalue weighted by molar-refractivity contribution is 6.39. The third kappa shape index (κ3) is 4.98. The van der Waals surface area contributed by atoms with Crippen LogP contribution in [-0.2, 0) is 21.6 Å². The van der Waals surface area contributed by atoms with Crippen molar-refractivity contribution in [3.63, 3.8) is 0 Å². The van der Waals surface area contributed by atoms with Gasteiger partial charge in [0.2, 0.25) is 0 Å². The first kappa shape index (κ1) is 27.4. The van der Waals surface area contributed by atoms with Crippen molar-refractivity contribution in [1.29, 1.82) is 0 Å². The molecular formula is C35H33FN2O5. The van der Waals surface area contributed by atoms with Crippen molar-refractivity contribution in [1.82, 2.24) is 5.32 Å². The predicted molar refractivity (Wildman–Crippen MR) is 159 cm³/mol. The molecule has 0 spiro atoms. The maximum atomic E-state index is 14.0. The summed E-state index contributed by atoms with van der Waals surface area (Å²) in [5.74, 6) is 1.32. The fourth-order valence-electron chi connectivity index (χ4n) is 8.15. The summed E-state index contributed by atoms with van der Waals surface area (Å²) in [5, 5.41) is 2.30. The average molecular weight is 581 g/mol. The number of imide groups is 2. The number of nitrogens with one attached hydrogen (secondary N) is 1. The van der Waals surface area contributed by atoms with E-state index in [4.69, 9.17) is 9.47 Å². The molecule has 0 atom stereocenters. The van der Waals surface area contributed by atoms with Crippen LogP contribution in [0, 0.1) is 23.6 Å². The molecule has 3 aromatic rings. The molecule has 5 aliphatic rings. The molecule has 1 saturated heterocycles. The van der Waals surface area contributed by atoms with Gasteiger partial charge in [-0.1, -0.05) is 36.4 Å². The van der Waals surface area contributed by atoms with E-state index in [0.29, 0.717) is 28.3 Å². The number of nitrogens with zero attached hydrogens (tertiary/aromatic N) is 1. The maximum absolute atomic E-state index is 14.0. The zero-order valence-corrected chi connectivity index (χ0v) is 24.0. The molecule has 4 aliphatic carbocycles. The lowest BCUT2D eigenvalue weighted by molar-refractivity contribution is -0.122. The standard InChI is InChI=1S/C35H33FN2O5/c1-42-31-16-21(6-11-30(31)43-20-25-4-2-3-5-29(25)36)15-28-32(39)37-34(41)38(33(28)40)27-9-7-26(8-10-27)35-17-22-12-23(18-35)14-24(13-22)19-35/h2-11,15-16,22-24H,12-14,17-20H2,1H3,(H,37,39,41)/b28-15+. The highest BCUT2D eigenvalue weighted by Gasteiger charge is 2.51. The van der Waals surface area contributed by atoms with Crippen LogP contribution in [0.15, 0.2) is 72.3 Å². The molecule has 1 N–H and O–H groups in total. The summed E-state index contributed by atoms with van der Waals surface area (Å²) >= 11 is 0. The molecule has 3 aromatic carbocycles. The van der Waals surface area contributed by atoms with E-state index in [0.717, 1.165) is 22.7 Å². The lowest BCUT2D eigenvalue weighted by Crippen LogP contribution is -2.54. The number of urea groups is 1. The number of ether oxygens (including phenoxy) is 2. The number of anilines is 1. The molecule has 4 bridgehead atoms. The topological polar surface area (TPSA) is 84.9 Å². The van der Waals surface area contributed by atoms with Gasteiger partial charge in [-0.3, -0.25) is 14.9 Å². The number of hydrogen-bond acceptors (Lipinski definition) is 5. The smallest absolute Gasteiger partial charge is 0.335 e. The van der Waals surface area contributed by atoms with Crippen molar-refractivity contribution in [2.75, 3.05) is 12.0 Å². The van der Waals surface area contributed by atoms with Crippen molar-refractivity contribution in [2.24, 2.45) is 17.8 Å². The lowest BCUT2D eigenvalue weighted by atomic mass is 9.48. The van der Waals surface area contributed by atoms with Crippen LogP contribution in [0.2, 0.25) is 0 Å². The Hall–Kier alpha value is -4.46. The van der Waals surface area contributed by atoms with Gasteiger partial charge in [0, 0.05) is 5.56 Å². The molecule has 8 heteroatoms. The van der Waals surface area contributed by atoms with Crippen LogP contribution < -0.4 is 19.7 Å². The Bertz CT molecular complexity index is 1610. The quantitative estimate of drug-likeness (QED) is 0.253. The lowest BCUT2D eigenvalue weighted by Gasteiger charge is -2.57. The molecule has 0 aromatic heterocycles. The van der Waals surface area contributed by atoms with Crippen molar-refractivity contribution in [3.8, 4) is 11.5 Å². The third-order valence-corrected chi connectivity index (χ3v) is 9.72. The Morgan fingerprint density at radius 3 is 2.23 bits per heavy atom. The molecule has 1 aliphatic heterocycles. The normalized spacial score (nSPS) is 27.0. The van der Waals surface area contributed by atoms with Gasteiger partial charge in [-0.2, -0.15) is 0 Å². The second-order valence-electron chi connectivity index (χ2n) is 12.5. The van der Waals surface area contributed by atoms with Crippen molar-refractivity contribution >= 4 is 29.6 Å². The molecule has 4 saturated carbocycles. The van der Waals surface area contributed by atoms with Gasteiger partial charge in [0.1, 0.15) is 18.0 Å². The molecule has 4 amide bonds. The Labute approximate surface area is 249 Å². The van der Waals surface area contributed by atoms with Gasteiger partial charge in [0.05, 0.1) is 12.8 Å². The summed E-state index contributed by atoms with van der Waals surface area (Å²) < 4.78 is 25.2. The van der Waals surface area contributed by atoms with Gasteiger partial charge in [0.25, 0.3) is 11.8 Å². The van der Waals surface area contributed by atoms with Gasteiger partial charge in [-0.15, -0.1) is 0 Å². The predicted octanol–water partition coefficient (Wildman–Crippen LogP) is 6.55. The Balaban J connectivity index is 1.11. The van der Waals surface area contributed by atoms with E-state index in [-0.39, 0.29) is 23.4 Å². The van der Waals surface area contributed by atoms with Crippen LogP contribution in [0.1, 0.15) is 55.2 Å². The average Bonchev–Trinajstić information content (AvgIpc) is 2.98. The van der Waals surface area contributed by atoms with Crippen LogP contribution >= 0.6 is 0 Å². The Morgan fingerprint density at radius 1 is 0.907 bits per heavy atom. The largest absolute Gasteiger partial charge is 0.493 e. The Morgan fingerprint density at radius 2 is 1.58 bits per heavy atom. The summed E-state index contributed by atoms with van der Waals surface area (Å²) in [6.07, 6.45) is 9.16. The summed E-state index contributed by atoms with van der Waals surface area (Å²) in [4.78, 5) is 40.2. The van der Waals surface area contributed by atoms with Crippen LogP contribution in [-0.4, -0.2) is 25.0 Å². The van der Waals surface area contributed by atoms with E-state index in [1.165, 1.54) is 63.3 Å². The number of methoxy groups -OCH3 is 1. The summed E-state index contributed by atoms with van der Waals surface area (Å²) in [6.45, 7) is 0.00306. The van der Waals surface area contributed by atoms with Gasteiger partial charge in [-0.25, -0.2) is 14.1 Å². The molecule has 0 radical (unpaired) electrons. The van der Waals surface area contributed by atoms with Crippen LogP contribution in [0.5, 0.6) is 11.5 Å². The summed E-state index contributed by atoms with van der Waals surface area (Å²) in [6, 6.07) is 18.2. The van der Waals surface area contributed by atoms with Crippen LogP contribution in [0.25, 0.3) is 6.08 Å². The van der Waals surface area contributed by atoms with E-state index in [9.17, 15) is 18.8 Å². The van der Waals surface area contributed by atoms with E-state index in [1.807, 2.05) is 12.1 Å². The molecule has 5 fully saturated rings. The number of barbiturate groups is 1. The molecule has 220 valence electrons. The maximum Gasteiger partial charge on any atom is 0.335 e. The van der Waals surface area contributed by atoms with Gasteiger partial charge < -0.3 is 9.47 Å². The van der Waals surface area contributed by atoms with E-state index >= 15 is 0 Å². The van der Waals surface area contributed by atoms with Crippen molar-refractivity contribution in [2.45, 2.75) is 50.5 Å². The minimum absolute atomic E-state index is 0.00306.